The molecule has 0 saturated carbocycles. The van der Waals surface area contributed by atoms with Gasteiger partial charge in [-0.05, 0) is 18.1 Å². The molecule has 1 aromatic carbocycles. The number of aryl methyl sites for hydroxylation is 1. The fourth-order valence-corrected chi connectivity index (χ4v) is 2.15. The monoisotopic (exact) mass is 276 g/mol. The van der Waals surface area contributed by atoms with Crippen LogP contribution in [0.15, 0.2) is 24.3 Å². The standard InChI is InChI=1S/C15H20N2O3/c1-11-5-3-4-6-12(11)7-14(18)16-8-13-9-17(2)15(19)10-20-13/h3-6,13H,7-10H2,1-2H3,(H,16,18). The Morgan fingerprint density at radius 1 is 1.45 bits per heavy atom. The van der Waals surface area contributed by atoms with E-state index in [1.165, 1.54) is 0 Å². The Kier molecular flexibility index (Phi) is 4.74. The summed E-state index contributed by atoms with van der Waals surface area (Å²) in [5, 5.41) is 2.86. The first kappa shape index (κ1) is 14.5. The molecule has 1 aliphatic rings. The summed E-state index contributed by atoms with van der Waals surface area (Å²) in [5.41, 5.74) is 2.14. The molecule has 1 unspecified atom stereocenters. The summed E-state index contributed by atoms with van der Waals surface area (Å²) in [5.74, 6) is -0.0464. The third-order valence-electron chi connectivity index (χ3n) is 3.48. The van der Waals surface area contributed by atoms with Gasteiger partial charge in [0.1, 0.15) is 6.61 Å². The summed E-state index contributed by atoms with van der Waals surface area (Å²) < 4.78 is 5.38. The summed E-state index contributed by atoms with van der Waals surface area (Å²) >= 11 is 0. The minimum atomic E-state index is -0.126. The lowest BCUT2D eigenvalue weighted by molar-refractivity contribution is -0.146. The number of rotatable bonds is 4. The third kappa shape index (κ3) is 3.81. The molecule has 0 spiro atoms. The van der Waals surface area contributed by atoms with Gasteiger partial charge in [0.25, 0.3) is 0 Å². The van der Waals surface area contributed by atoms with Gasteiger partial charge in [-0.15, -0.1) is 0 Å². The van der Waals surface area contributed by atoms with E-state index in [-0.39, 0.29) is 24.5 Å². The van der Waals surface area contributed by atoms with Gasteiger partial charge >= 0.3 is 0 Å². The molecule has 1 atom stereocenters. The number of ether oxygens (including phenoxy) is 1. The molecule has 1 N–H and O–H groups in total. The highest BCUT2D eigenvalue weighted by Crippen LogP contribution is 2.08. The zero-order valence-electron chi connectivity index (χ0n) is 11.9. The van der Waals surface area contributed by atoms with Gasteiger partial charge in [-0.1, -0.05) is 24.3 Å². The van der Waals surface area contributed by atoms with E-state index < -0.39 is 0 Å². The minimum Gasteiger partial charge on any atom is -0.365 e. The van der Waals surface area contributed by atoms with E-state index in [1.807, 2.05) is 31.2 Å². The van der Waals surface area contributed by atoms with Crippen LogP contribution in [-0.4, -0.2) is 49.6 Å². The smallest absolute Gasteiger partial charge is 0.248 e. The zero-order chi connectivity index (χ0) is 14.5. The Bertz CT molecular complexity index is 502. The van der Waals surface area contributed by atoms with Gasteiger partial charge in [-0.25, -0.2) is 0 Å². The van der Waals surface area contributed by atoms with E-state index in [4.69, 9.17) is 4.74 Å². The molecule has 1 aliphatic heterocycles. The average molecular weight is 276 g/mol. The van der Waals surface area contributed by atoms with Crippen LogP contribution in [0.2, 0.25) is 0 Å². The number of morpholine rings is 1. The lowest BCUT2D eigenvalue weighted by atomic mass is 10.1. The van der Waals surface area contributed by atoms with Crippen LogP contribution in [0.4, 0.5) is 0 Å². The second-order valence-corrected chi connectivity index (χ2v) is 5.11. The molecule has 0 aliphatic carbocycles. The molecule has 0 aromatic heterocycles. The number of likely N-dealkylation sites (N-methyl/N-ethyl adjacent to an activating group) is 1. The lowest BCUT2D eigenvalue weighted by Crippen LogP contribution is -2.48. The molecule has 2 amide bonds. The molecular weight excluding hydrogens is 256 g/mol. The fourth-order valence-electron chi connectivity index (χ4n) is 2.15. The highest BCUT2D eigenvalue weighted by Gasteiger charge is 2.23. The first-order chi connectivity index (χ1) is 9.56. The van der Waals surface area contributed by atoms with Crippen molar-refractivity contribution in [3.05, 3.63) is 35.4 Å². The SMILES string of the molecule is Cc1ccccc1CC(=O)NCC1CN(C)C(=O)CO1. The number of amides is 2. The first-order valence-electron chi connectivity index (χ1n) is 6.73. The van der Waals surface area contributed by atoms with Crippen molar-refractivity contribution < 1.29 is 14.3 Å². The molecule has 5 heteroatoms. The normalized spacial score (nSPS) is 19.0. The van der Waals surface area contributed by atoms with Gasteiger partial charge < -0.3 is 15.0 Å². The fraction of sp³-hybridized carbons (Fsp3) is 0.467. The molecule has 5 nitrogen and oxygen atoms in total. The Labute approximate surface area is 118 Å². The van der Waals surface area contributed by atoms with Crippen LogP contribution < -0.4 is 5.32 Å². The number of benzene rings is 1. The summed E-state index contributed by atoms with van der Waals surface area (Å²) in [7, 11) is 1.74. The quantitative estimate of drug-likeness (QED) is 0.872. The van der Waals surface area contributed by atoms with Crippen molar-refractivity contribution in [2.24, 2.45) is 0 Å². The van der Waals surface area contributed by atoms with Crippen LogP contribution in [0.3, 0.4) is 0 Å². The minimum absolute atomic E-state index is 0.0208. The van der Waals surface area contributed by atoms with Gasteiger partial charge in [0, 0.05) is 20.1 Å². The molecular formula is C15H20N2O3. The highest BCUT2D eigenvalue weighted by molar-refractivity contribution is 5.79. The highest BCUT2D eigenvalue weighted by atomic mass is 16.5. The van der Waals surface area contributed by atoms with Crippen molar-refractivity contribution in [3.63, 3.8) is 0 Å². The van der Waals surface area contributed by atoms with Crippen LogP contribution in [0.5, 0.6) is 0 Å². The van der Waals surface area contributed by atoms with Gasteiger partial charge in [0.15, 0.2) is 0 Å². The van der Waals surface area contributed by atoms with Gasteiger partial charge in [0.05, 0.1) is 12.5 Å². The molecule has 20 heavy (non-hydrogen) atoms. The van der Waals surface area contributed by atoms with E-state index in [2.05, 4.69) is 5.32 Å². The molecule has 0 bridgehead atoms. The van der Waals surface area contributed by atoms with E-state index in [0.29, 0.717) is 19.5 Å². The molecule has 1 aromatic rings. The molecule has 0 radical (unpaired) electrons. The molecule has 1 saturated heterocycles. The predicted octanol–water partition coefficient (Wildman–Crippen LogP) is 0.511. The van der Waals surface area contributed by atoms with Crippen LogP contribution >= 0.6 is 0 Å². The van der Waals surface area contributed by atoms with E-state index in [1.54, 1.807) is 11.9 Å². The maximum Gasteiger partial charge on any atom is 0.248 e. The average Bonchev–Trinajstić information content (AvgIpc) is 2.43. The van der Waals surface area contributed by atoms with Crippen molar-refractivity contribution in [2.45, 2.75) is 19.4 Å². The first-order valence-corrected chi connectivity index (χ1v) is 6.73. The maximum atomic E-state index is 11.9. The van der Waals surface area contributed by atoms with Crippen molar-refractivity contribution in [1.82, 2.24) is 10.2 Å². The Morgan fingerprint density at radius 3 is 2.90 bits per heavy atom. The largest absolute Gasteiger partial charge is 0.365 e. The Morgan fingerprint density at radius 2 is 2.20 bits per heavy atom. The maximum absolute atomic E-state index is 11.9. The van der Waals surface area contributed by atoms with Crippen molar-refractivity contribution in [1.29, 1.82) is 0 Å². The van der Waals surface area contributed by atoms with E-state index in [0.717, 1.165) is 11.1 Å². The topological polar surface area (TPSA) is 58.6 Å². The number of hydrogen-bond donors (Lipinski definition) is 1. The van der Waals surface area contributed by atoms with Crippen molar-refractivity contribution >= 4 is 11.8 Å². The Hall–Kier alpha value is -1.88. The van der Waals surface area contributed by atoms with Crippen molar-refractivity contribution in [3.8, 4) is 0 Å². The summed E-state index contributed by atoms with van der Waals surface area (Å²) in [6.45, 7) is 3.04. The number of carbonyl (C=O) groups is 2. The molecule has 1 fully saturated rings. The predicted molar refractivity (Wildman–Crippen MR) is 75.3 cm³/mol. The van der Waals surface area contributed by atoms with Gasteiger partial charge in [-0.3, -0.25) is 9.59 Å². The van der Waals surface area contributed by atoms with Gasteiger partial charge in [0.2, 0.25) is 11.8 Å². The third-order valence-corrected chi connectivity index (χ3v) is 3.48. The van der Waals surface area contributed by atoms with E-state index in [9.17, 15) is 9.59 Å². The number of hydrogen-bond acceptors (Lipinski definition) is 3. The van der Waals surface area contributed by atoms with Crippen molar-refractivity contribution in [2.75, 3.05) is 26.7 Å². The second-order valence-electron chi connectivity index (χ2n) is 5.11. The number of nitrogens with zero attached hydrogens (tertiary/aromatic N) is 1. The van der Waals surface area contributed by atoms with Crippen LogP contribution in [0.1, 0.15) is 11.1 Å². The summed E-state index contributed by atoms with van der Waals surface area (Å²) in [6, 6.07) is 7.84. The van der Waals surface area contributed by atoms with Gasteiger partial charge in [-0.2, -0.15) is 0 Å². The van der Waals surface area contributed by atoms with Crippen LogP contribution in [0, 0.1) is 6.92 Å². The van der Waals surface area contributed by atoms with Crippen LogP contribution in [0.25, 0.3) is 0 Å². The summed E-state index contributed by atoms with van der Waals surface area (Å²) in [4.78, 5) is 24.8. The zero-order valence-corrected chi connectivity index (χ0v) is 11.9. The molecule has 1 heterocycles. The summed E-state index contributed by atoms with van der Waals surface area (Å²) in [6.07, 6.45) is 0.243. The Balaban J connectivity index is 1.78. The second kappa shape index (κ2) is 6.52. The van der Waals surface area contributed by atoms with E-state index >= 15 is 0 Å². The molecule has 108 valence electrons. The van der Waals surface area contributed by atoms with Crippen LogP contribution in [-0.2, 0) is 20.7 Å². The number of nitrogens with one attached hydrogen (secondary N) is 1. The number of carbonyl (C=O) groups excluding carboxylic acids is 2. The molecule has 2 rings (SSSR count). The lowest BCUT2D eigenvalue weighted by Gasteiger charge is -2.29.